The number of nitrogens with zero attached hydrogens (tertiary/aromatic N) is 1. The van der Waals surface area contributed by atoms with Crippen molar-refractivity contribution in [3.8, 4) is 0 Å². The van der Waals surface area contributed by atoms with Gasteiger partial charge in [-0.15, -0.1) is 24.0 Å². The molecule has 0 aromatic carbocycles. The van der Waals surface area contributed by atoms with E-state index < -0.39 is 0 Å². The van der Waals surface area contributed by atoms with E-state index in [-0.39, 0.29) is 5.91 Å². The molecule has 0 spiro atoms. The fourth-order valence-electron chi connectivity index (χ4n) is 1.61. The van der Waals surface area contributed by atoms with E-state index in [0.717, 1.165) is 22.6 Å². The van der Waals surface area contributed by atoms with Crippen LogP contribution in [-0.4, -0.2) is 23.9 Å². The third kappa shape index (κ3) is 2.98. The Morgan fingerprint density at radius 3 is 2.53 bits per heavy atom. The molecule has 0 N–H and O–H groups in total. The highest BCUT2D eigenvalue weighted by Gasteiger charge is 2.19. The minimum Gasteiger partial charge on any atom is -0.338 e. The zero-order valence-corrected chi connectivity index (χ0v) is 11.1. The number of rotatable bonds is 4. The number of amides is 1. The van der Waals surface area contributed by atoms with Crippen molar-refractivity contribution in [2.24, 2.45) is 0 Å². The molecule has 1 rings (SSSR count). The Labute approximate surface area is 101 Å². The van der Waals surface area contributed by atoms with Crippen LogP contribution in [0.2, 0.25) is 0 Å². The van der Waals surface area contributed by atoms with E-state index in [4.69, 9.17) is 0 Å². The van der Waals surface area contributed by atoms with Gasteiger partial charge in [-0.2, -0.15) is 0 Å². The van der Waals surface area contributed by atoms with Crippen molar-refractivity contribution in [2.45, 2.75) is 37.6 Å². The Kier molecular flexibility index (Phi) is 4.67. The molecule has 0 aliphatic heterocycles. The predicted octanol–water partition coefficient (Wildman–Crippen LogP) is 3.30. The summed E-state index contributed by atoms with van der Waals surface area (Å²) in [7, 11) is 1.87. The molecule has 0 aliphatic carbocycles. The van der Waals surface area contributed by atoms with Gasteiger partial charge in [-0.25, -0.2) is 0 Å². The minimum atomic E-state index is 0.106. The molecule has 0 saturated heterocycles. The van der Waals surface area contributed by atoms with Gasteiger partial charge in [-0.05, 0) is 18.9 Å². The SMILES string of the molecule is CCC(CC)N(C)C(=O)c1cc(S)cs1. The number of thiol groups is 1. The Bertz CT molecular complexity index is 331. The lowest BCUT2D eigenvalue weighted by Gasteiger charge is -2.25. The number of carbonyl (C=O) groups excluding carboxylic acids is 1. The summed E-state index contributed by atoms with van der Waals surface area (Å²) in [4.78, 5) is 15.5. The van der Waals surface area contributed by atoms with Crippen molar-refractivity contribution in [3.05, 3.63) is 16.3 Å². The van der Waals surface area contributed by atoms with Crippen LogP contribution in [0.1, 0.15) is 36.4 Å². The highest BCUT2D eigenvalue weighted by Crippen LogP contribution is 2.20. The zero-order valence-electron chi connectivity index (χ0n) is 9.36. The van der Waals surface area contributed by atoms with Crippen LogP contribution >= 0.6 is 24.0 Å². The molecule has 0 saturated carbocycles. The second-order valence-electron chi connectivity index (χ2n) is 3.56. The fourth-order valence-corrected chi connectivity index (χ4v) is 2.74. The van der Waals surface area contributed by atoms with Crippen LogP contribution in [0.15, 0.2) is 16.3 Å². The Hall–Kier alpha value is -0.480. The van der Waals surface area contributed by atoms with Crippen LogP contribution in [0.3, 0.4) is 0 Å². The van der Waals surface area contributed by atoms with E-state index >= 15 is 0 Å². The van der Waals surface area contributed by atoms with Crippen LogP contribution in [-0.2, 0) is 0 Å². The van der Waals surface area contributed by atoms with Crippen LogP contribution in [0.25, 0.3) is 0 Å². The van der Waals surface area contributed by atoms with Gasteiger partial charge >= 0.3 is 0 Å². The molecule has 0 radical (unpaired) electrons. The van der Waals surface area contributed by atoms with Crippen LogP contribution in [0, 0.1) is 0 Å². The van der Waals surface area contributed by atoms with Crippen LogP contribution in [0.4, 0.5) is 0 Å². The highest BCUT2D eigenvalue weighted by atomic mass is 32.1. The molecule has 4 heteroatoms. The van der Waals surface area contributed by atoms with Crippen molar-refractivity contribution in [1.82, 2.24) is 4.90 Å². The normalized spacial score (nSPS) is 10.7. The molecule has 1 aromatic rings. The Morgan fingerprint density at radius 2 is 2.13 bits per heavy atom. The lowest BCUT2D eigenvalue weighted by molar-refractivity contribution is 0.0728. The molecule has 1 amide bonds. The maximum Gasteiger partial charge on any atom is 0.263 e. The molecule has 0 aliphatic rings. The van der Waals surface area contributed by atoms with Crippen molar-refractivity contribution >= 4 is 29.9 Å². The summed E-state index contributed by atoms with van der Waals surface area (Å²) in [5.74, 6) is 0.106. The van der Waals surface area contributed by atoms with Crippen molar-refractivity contribution in [1.29, 1.82) is 0 Å². The predicted molar refractivity (Wildman–Crippen MR) is 68.0 cm³/mol. The molecule has 0 fully saturated rings. The van der Waals surface area contributed by atoms with Crippen molar-refractivity contribution in [2.75, 3.05) is 7.05 Å². The lowest BCUT2D eigenvalue weighted by atomic mass is 10.1. The summed E-state index contributed by atoms with van der Waals surface area (Å²) in [6.45, 7) is 4.22. The van der Waals surface area contributed by atoms with Gasteiger partial charge in [-0.1, -0.05) is 13.8 Å². The lowest BCUT2D eigenvalue weighted by Crippen LogP contribution is -2.35. The molecule has 1 aromatic heterocycles. The van der Waals surface area contributed by atoms with Gasteiger partial charge in [0.25, 0.3) is 5.91 Å². The maximum absolute atomic E-state index is 12.0. The molecule has 0 bridgehead atoms. The summed E-state index contributed by atoms with van der Waals surface area (Å²) in [6, 6.07) is 2.16. The second kappa shape index (κ2) is 5.56. The number of hydrogen-bond donors (Lipinski definition) is 1. The Balaban J connectivity index is 2.76. The van der Waals surface area contributed by atoms with E-state index in [1.807, 2.05) is 23.4 Å². The summed E-state index contributed by atoms with van der Waals surface area (Å²) >= 11 is 5.66. The van der Waals surface area contributed by atoms with E-state index in [2.05, 4.69) is 26.5 Å². The van der Waals surface area contributed by atoms with E-state index in [0.29, 0.717) is 6.04 Å². The smallest absolute Gasteiger partial charge is 0.263 e. The van der Waals surface area contributed by atoms with Gasteiger partial charge in [0, 0.05) is 23.4 Å². The summed E-state index contributed by atoms with van der Waals surface area (Å²) < 4.78 is 0. The van der Waals surface area contributed by atoms with E-state index in [1.54, 1.807) is 0 Å². The maximum atomic E-state index is 12.0. The third-order valence-corrected chi connectivity index (χ3v) is 3.96. The monoisotopic (exact) mass is 243 g/mol. The quantitative estimate of drug-likeness (QED) is 0.805. The van der Waals surface area contributed by atoms with Gasteiger partial charge in [0.15, 0.2) is 0 Å². The molecule has 1 heterocycles. The molecular formula is C11H17NOS2. The highest BCUT2D eigenvalue weighted by molar-refractivity contribution is 7.80. The van der Waals surface area contributed by atoms with Crippen molar-refractivity contribution in [3.63, 3.8) is 0 Å². The summed E-state index contributed by atoms with van der Waals surface area (Å²) in [6.07, 6.45) is 2.00. The van der Waals surface area contributed by atoms with Gasteiger partial charge < -0.3 is 4.90 Å². The van der Waals surface area contributed by atoms with Crippen LogP contribution in [0.5, 0.6) is 0 Å². The first-order valence-electron chi connectivity index (χ1n) is 5.14. The average Bonchev–Trinajstić information content (AvgIpc) is 2.65. The first-order valence-corrected chi connectivity index (χ1v) is 6.47. The van der Waals surface area contributed by atoms with E-state index in [9.17, 15) is 4.79 Å². The number of thiophene rings is 1. The summed E-state index contributed by atoms with van der Waals surface area (Å²) in [5, 5.41) is 1.89. The Morgan fingerprint density at radius 1 is 1.53 bits per heavy atom. The van der Waals surface area contributed by atoms with Gasteiger partial charge in [0.1, 0.15) is 0 Å². The fraction of sp³-hybridized carbons (Fsp3) is 0.545. The standard InChI is InChI=1S/C11H17NOS2/c1-4-8(5-2)12(3)11(13)10-6-9(14)7-15-10/h6-8,14H,4-5H2,1-3H3. The molecule has 84 valence electrons. The van der Waals surface area contributed by atoms with Crippen molar-refractivity contribution < 1.29 is 4.79 Å². The molecule has 0 unspecified atom stereocenters. The summed E-state index contributed by atoms with van der Waals surface area (Å²) in [5.41, 5.74) is 0. The topological polar surface area (TPSA) is 20.3 Å². The average molecular weight is 243 g/mol. The molecule has 0 atom stereocenters. The first kappa shape index (κ1) is 12.6. The van der Waals surface area contributed by atoms with E-state index in [1.165, 1.54) is 11.3 Å². The largest absolute Gasteiger partial charge is 0.338 e. The second-order valence-corrected chi connectivity index (χ2v) is 4.98. The van der Waals surface area contributed by atoms with Crippen LogP contribution < -0.4 is 0 Å². The number of hydrogen-bond acceptors (Lipinski definition) is 3. The number of carbonyl (C=O) groups is 1. The zero-order chi connectivity index (χ0) is 11.4. The molecular weight excluding hydrogens is 226 g/mol. The van der Waals surface area contributed by atoms with Gasteiger partial charge in [0.05, 0.1) is 4.88 Å². The van der Waals surface area contributed by atoms with Gasteiger partial charge in [-0.3, -0.25) is 4.79 Å². The molecule has 2 nitrogen and oxygen atoms in total. The van der Waals surface area contributed by atoms with Gasteiger partial charge in [0.2, 0.25) is 0 Å². The minimum absolute atomic E-state index is 0.106. The molecule has 15 heavy (non-hydrogen) atoms. The third-order valence-electron chi connectivity index (χ3n) is 2.61. The first-order chi connectivity index (χ1) is 7.10.